The highest BCUT2D eigenvalue weighted by Gasteiger charge is 2.20. The topological polar surface area (TPSA) is 51.0 Å². The van der Waals surface area contributed by atoms with Crippen molar-refractivity contribution in [3.63, 3.8) is 0 Å². The lowest BCUT2D eigenvalue weighted by Gasteiger charge is -2.18. The van der Waals surface area contributed by atoms with Crippen LogP contribution >= 0.6 is 11.8 Å². The smallest absolute Gasteiger partial charge is 0.256 e. The number of benzene rings is 2. The lowest BCUT2D eigenvalue weighted by Crippen LogP contribution is -2.27. The summed E-state index contributed by atoms with van der Waals surface area (Å²) in [5, 5.41) is 5.57. The molecule has 0 aliphatic heterocycles. The molecule has 4 rings (SSSR count). The van der Waals surface area contributed by atoms with Gasteiger partial charge in [-0.05, 0) is 30.5 Å². The van der Waals surface area contributed by atoms with Gasteiger partial charge in [0.2, 0.25) is 0 Å². The van der Waals surface area contributed by atoms with E-state index < -0.39 is 0 Å². The Morgan fingerprint density at radius 1 is 1.00 bits per heavy atom. The van der Waals surface area contributed by atoms with Gasteiger partial charge in [0.05, 0.1) is 16.9 Å². The molecule has 0 spiro atoms. The highest BCUT2D eigenvalue weighted by molar-refractivity contribution is 7.98. The molecular formula is C24H22N4OS. The molecule has 2 heterocycles. The Morgan fingerprint density at radius 2 is 1.70 bits per heavy atom. The minimum absolute atomic E-state index is 0.0566. The summed E-state index contributed by atoms with van der Waals surface area (Å²) in [5.74, 6) is -0.0566. The van der Waals surface area contributed by atoms with E-state index in [1.165, 1.54) is 11.8 Å². The number of pyridine rings is 1. The summed E-state index contributed by atoms with van der Waals surface area (Å²) >= 11 is 1.47. The zero-order valence-electron chi connectivity index (χ0n) is 16.9. The third kappa shape index (κ3) is 4.14. The molecule has 0 aliphatic carbocycles. The summed E-state index contributed by atoms with van der Waals surface area (Å²) in [7, 11) is 1.81. The lowest BCUT2D eigenvalue weighted by molar-refractivity contribution is 0.0781. The first-order valence-electron chi connectivity index (χ1n) is 9.61. The first kappa shape index (κ1) is 19.9. The van der Waals surface area contributed by atoms with Gasteiger partial charge < -0.3 is 4.90 Å². The average Bonchev–Trinajstić information content (AvgIpc) is 3.23. The van der Waals surface area contributed by atoms with Crippen LogP contribution in [0.3, 0.4) is 0 Å². The Bertz CT molecular complexity index is 1140. The number of para-hydroxylation sites is 1. The molecule has 0 saturated heterocycles. The SMILES string of the molecule is CSc1ncccc1C(=O)N(C)Cc1cn(-c2ccccc2)nc1-c1ccccc1. The summed E-state index contributed by atoms with van der Waals surface area (Å²) in [6, 6.07) is 23.7. The number of nitrogens with zero attached hydrogens (tertiary/aromatic N) is 4. The van der Waals surface area contributed by atoms with Crippen LogP contribution in [0, 0.1) is 0 Å². The van der Waals surface area contributed by atoms with E-state index in [0.717, 1.165) is 27.5 Å². The number of amides is 1. The van der Waals surface area contributed by atoms with Crippen molar-refractivity contribution in [1.82, 2.24) is 19.7 Å². The number of carbonyl (C=O) groups excluding carboxylic acids is 1. The number of rotatable bonds is 6. The van der Waals surface area contributed by atoms with Crippen molar-refractivity contribution in [1.29, 1.82) is 0 Å². The molecule has 1 amide bonds. The molecule has 6 heteroatoms. The van der Waals surface area contributed by atoms with Gasteiger partial charge >= 0.3 is 0 Å². The van der Waals surface area contributed by atoms with Crippen LogP contribution in [-0.2, 0) is 6.54 Å². The van der Waals surface area contributed by atoms with Gasteiger partial charge in [-0.25, -0.2) is 9.67 Å². The second kappa shape index (κ2) is 8.97. The molecule has 0 bridgehead atoms. The van der Waals surface area contributed by atoms with Gasteiger partial charge in [-0.2, -0.15) is 5.10 Å². The standard InChI is InChI=1S/C24H22N4OS/c1-27(24(29)21-14-9-15-25-23(21)30-2)16-19-17-28(20-12-7-4-8-13-20)26-22(19)18-10-5-3-6-11-18/h3-15,17H,16H2,1-2H3. The van der Waals surface area contributed by atoms with Crippen molar-refractivity contribution >= 4 is 17.7 Å². The molecule has 4 aromatic rings. The second-order valence-corrected chi connectivity index (χ2v) is 7.67. The minimum atomic E-state index is -0.0566. The first-order valence-corrected chi connectivity index (χ1v) is 10.8. The summed E-state index contributed by atoms with van der Waals surface area (Å²) in [6.45, 7) is 0.443. The molecule has 0 saturated carbocycles. The summed E-state index contributed by atoms with van der Waals surface area (Å²) < 4.78 is 1.87. The van der Waals surface area contributed by atoms with E-state index >= 15 is 0 Å². The van der Waals surface area contributed by atoms with Crippen molar-refractivity contribution in [3.8, 4) is 16.9 Å². The molecule has 0 N–H and O–H groups in total. The van der Waals surface area contributed by atoms with Crippen LogP contribution in [0.25, 0.3) is 16.9 Å². The first-order chi connectivity index (χ1) is 14.7. The maximum atomic E-state index is 13.1. The molecule has 0 unspecified atom stereocenters. The molecule has 0 fully saturated rings. The van der Waals surface area contributed by atoms with Crippen LogP contribution in [0.1, 0.15) is 15.9 Å². The largest absolute Gasteiger partial charge is 0.337 e. The van der Waals surface area contributed by atoms with Crippen molar-refractivity contribution in [2.45, 2.75) is 11.6 Å². The van der Waals surface area contributed by atoms with Gasteiger partial charge in [-0.15, -0.1) is 11.8 Å². The average molecular weight is 415 g/mol. The van der Waals surface area contributed by atoms with Crippen LogP contribution in [0.2, 0.25) is 0 Å². The third-order valence-corrected chi connectivity index (χ3v) is 5.52. The van der Waals surface area contributed by atoms with Crippen molar-refractivity contribution in [2.24, 2.45) is 0 Å². The molecular weight excluding hydrogens is 392 g/mol. The van der Waals surface area contributed by atoms with Gasteiger partial charge in [0.15, 0.2) is 0 Å². The quantitative estimate of drug-likeness (QED) is 0.420. The molecule has 30 heavy (non-hydrogen) atoms. The van der Waals surface area contributed by atoms with E-state index in [-0.39, 0.29) is 5.91 Å². The van der Waals surface area contributed by atoms with Crippen molar-refractivity contribution in [2.75, 3.05) is 13.3 Å². The Labute approximate surface area is 180 Å². The van der Waals surface area contributed by atoms with Crippen molar-refractivity contribution in [3.05, 3.63) is 96.3 Å². The molecule has 150 valence electrons. The predicted octanol–water partition coefficient (Wildman–Crippen LogP) is 4.93. The van der Waals surface area contributed by atoms with E-state index in [1.807, 2.05) is 90.9 Å². The Kier molecular flexibility index (Phi) is 5.95. The normalized spacial score (nSPS) is 10.7. The second-order valence-electron chi connectivity index (χ2n) is 6.87. The fraction of sp³-hybridized carbons (Fsp3) is 0.125. The Balaban J connectivity index is 1.69. The number of hydrogen-bond donors (Lipinski definition) is 0. The molecule has 2 aromatic carbocycles. The zero-order chi connectivity index (χ0) is 20.9. The predicted molar refractivity (Wildman–Crippen MR) is 121 cm³/mol. The fourth-order valence-corrected chi connectivity index (χ4v) is 3.87. The number of carbonyl (C=O) groups is 1. The maximum Gasteiger partial charge on any atom is 0.256 e. The monoisotopic (exact) mass is 414 g/mol. The van der Waals surface area contributed by atoms with E-state index in [4.69, 9.17) is 5.10 Å². The van der Waals surface area contributed by atoms with E-state index in [1.54, 1.807) is 17.2 Å². The Hall–Kier alpha value is -3.38. The van der Waals surface area contributed by atoms with E-state index in [2.05, 4.69) is 4.98 Å². The molecule has 0 radical (unpaired) electrons. The van der Waals surface area contributed by atoms with Crippen LogP contribution in [-0.4, -0.2) is 38.9 Å². The van der Waals surface area contributed by atoms with Gasteiger partial charge in [0.1, 0.15) is 5.03 Å². The zero-order valence-corrected chi connectivity index (χ0v) is 17.7. The van der Waals surface area contributed by atoms with Crippen LogP contribution in [0.15, 0.2) is 90.2 Å². The Morgan fingerprint density at radius 3 is 2.40 bits per heavy atom. The summed E-state index contributed by atoms with van der Waals surface area (Å²) in [4.78, 5) is 19.1. The highest BCUT2D eigenvalue weighted by Crippen LogP contribution is 2.26. The van der Waals surface area contributed by atoms with Crippen molar-refractivity contribution < 1.29 is 4.79 Å². The summed E-state index contributed by atoms with van der Waals surface area (Å²) in [5.41, 5.74) is 4.47. The number of aromatic nitrogens is 3. The molecule has 0 aliphatic rings. The highest BCUT2D eigenvalue weighted by atomic mass is 32.2. The van der Waals surface area contributed by atoms with E-state index in [9.17, 15) is 4.79 Å². The lowest BCUT2D eigenvalue weighted by atomic mass is 10.1. The minimum Gasteiger partial charge on any atom is -0.337 e. The van der Waals surface area contributed by atoms with Crippen LogP contribution < -0.4 is 0 Å². The van der Waals surface area contributed by atoms with Gasteiger partial charge in [-0.3, -0.25) is 4.79 Å². The fourth-order valence-electron chi connectivity index (χ4n) is 3.33. The van der Waals surface area contributed by atoms with Crippen LogP contribution in [0.4, 0.5) is 0 Å². The molecule has 5 nitrogen and oxygen atoms in total. The van der Waals surface area contributed by atoms with Crippen LogP contribution in [0.5, 0.6) is 0 Å². The molecule has 2 aromatic heterocycles. The number of thioether (sulfide) groups is 1. The third-order valence-electron chi connectivity index (χ3n) is 4.81. The molecule has 0 atom stereocenters. The summed E-state index contributed by atoms with van der Waals surface area (Å²) in [6.07, 6.45) is 5.64. The van der Waals surface area contributed by atoms with E-state index in [0.29, 0.717) is 12.1 Å². The maximum absolute atomic E-state index is 13.1. The van der Waals surface area contributed by atoms with Gasteiger partial charge in [-0.1, -0.05) is 48.5 Å². The van der Waals surface area contributed by atoms with Gasteiger partial charge in [0.25, 0.3) is 5.91 Å². The van der Waals surface area contributed by atoms with Gasteiger partial charge in [0, 0.05) is 37.1 Å². The number of hydrogen-bond acceptors (Lipinski definition) is 4.